The van der Waals surface area contributed by atoms with Gasteiger partial charge >= 0.3 is 0 Å². The fraction of sp³-hybridized carbons (Fsp3) is 0.308. The van der Waals surface area contributed by atoms with Crippen molar-refractivity contribution in [2.24, 2.45) is 5.84 Å². The zero-order valence-electron chi connectivity index (χ0n) is 11.4. The Kier molecular flexibility index (Phi) is 3.91. The van der Waals surface area contributed by atoms with Gasteiger partial charge in [-0.05, 0) is 19.1 Å². The summed E-state index contributed by atoms with van der Waals surface area (Å²) in [5, 5.41) is 1.58. The van der Waals surface area contributed by atoms with E-state index in [2.05, 4.69) is 15.0 Å². The van der Waals surface area contributed by atoms with Gasteiger partial charge in [-0.3, -0.25) is 5.01 Å². The molecule has 0 unspecified atom stereocenters. The summed E-state index contributed by atoms with van der Waals surface area (Å²) in [6, 6.07) is 5.80. The second-order valence-corrected chi connectivity index (χ2v) is 4.35. The van der Waals surface area contributed by atoms with Crippen LogP contribution >= 0.6 is 0 Å². The molecule has 0 spiro atoms. The zero-order chi connectivity index (χ0) is 13.8. The van der Waals surface area contributed by atoms with E-state index in [9.17, 15) is 0 Å². The number of hydrogen-bond donors (Lipinski definition) is 1. The van der Waals surface area contributed by atoms with Crippen LogP contribution in [0.3, 0.4) is 0 Å². The Balaban J connectivity index is 2.31. The molecule has 2 N–H and O–H groups in total. The lowest BCUT2D eigenvalue weighted by Crippen LogP contribution is -2.31. The molecule has 0 aromatic carbocycles. The largest absolute Gasteiger partial charge is 0.363 e. The molecule has 0 saturated heterocycles. The van der Waals surface area contributed by atoms with Gasteiger partial charge in [0.25, 0.3) is 0 Å². The van der Waals surface area contributed by atoms with E-state index in [0.29, 0.717) is 12.4 Å². The Labute approximate surface area is 112 Å². The maximum Gasteiger partial charge on any atom is 0.146 e. The molecule has 100 valence electrons. The second-order valence-electron chi connectivity index (χ2n) is 4.35. The van der Waals surface area contributed by atoms with Crippen molar-refractivity contribution in [3.05, 3.63) is 30.7 Å². The third kappa shape index (κ3) is 2.97. The molecule has 6 nitrogen and oxygen atoms in total. The number of nitrogens with two attached hydrogens (primary N) is 1. The highest BCUT2D eigenvalue weighted by Gasteiger charge is 2.06. The standard InChI is InChI=1S/C13H18N6/c1-4-19(14)13-7-11(16-9-17-13)10-5-6-12(15-8-10)18(2)3/h5-9H,4,14H2,1-3H3. The van der Waals surface area contributed by atoms with Gasteiger partial charge < -0.3 is 4.90 Å². The first-order valence-electron chi connectivity index (χ1n) is 6.10. The molecule has 0 aliphatic carbocycles. The first kappa shape index (κ1) is 13.2. The van der Waals surface area contributed by atoms with Gasteiger partial charge in [0.05, 0.1) is 5.69 Å². The van der Waals surface area contributed by atoms with Crippen molar-refractivity contribution in [3.63, 3.8) is 0 Å². The van der Waals surface area contributed by atoms with Crippen LogP contribution < -0.4 is 15.8 Å². The van der Waals surface area contributed by atoms with E-state index < -0.39 is 0 Å². The molecule has 0 atom stereocenters. The van der Waals surface area contributed by atoms with Crippen molar-refractivity contribution in [1.82, 2.24) is 15.0 Å². The van der Waals surface area contributed by atoms with Crippen LogP contribution in [0.1, 0.15) is 6.92 Å². The van der Waals surface area contributed by atoms with E-state index in [4.69, 9.17) is 5.84 Å². The van der Waals surface area contributed by atoms with Gasteiger partial charge in [-0.25, -0.2) is 20.8 Å². The Morgan fingerprint density at radius 3 is 2.47 bits per heavy atom. The second kappa shape index (κ2) is 5.62. The highest BCUT2D eigenvalue weighted by Crippen LogP contribution is 2.20. The fourth-order valence-electron chi connectivity index (χ4n) is 1.63. The average molecular weight is 258 g/mol. The molecule has 0 bridgehead atoms. The van der Waals surface area contributed by atoms with E-state index in [-0.39, 0.29) is 0 Å². The lowest BCUT2D eigenvalue weighted by molar-refractivity contribution is 0.863. The number of pyridine rings is 1. The van der Waals surface area contributed by atoms with Crippen molar-refractivity contribution >= 4 is 11.6 Å². The lowest BCUT2D eigenvalue weighted by atomic mass is 10.2. The fourth-order valence-corrected chi connectivity index (χ4v) is 1.63. The normalized spacial score (nSPS) is 10.3. The minimum atomic E-state index is 0.689. The highest BCUT2D eigenvalue weighted by atomic mass is 15.4. The molecule has 0 fully saturated rings. The van der Waals surface area contributed by atoms with E-state index in [1.165, 1.54) is 6.33 Å². The quantitative estimate of drug-likeness (QED) is 0.658. The molecular weight excluding hydrogens is 240 g/mol. The SMILES string of the molecule is CCN(N)c1cc(-c2ccc(N(C)C)nc2)ncn1. The minimum absolute atomic E-state index is 0.689. The molecule has 2 aromatic rings. The van der Waals surface area contributed by atoms with Crippen LogP contribution in [0.5, 0.6) is 0 Å². The van der Waals surface area contributed by atoms with Gasteiger partial charge in [0.15, 0.2) is 0 Å². The Morgan fingerprint density at radius 1 is 1.11 bits per heavy atom. The summed E-state index contributed by atoms with van der Waals surface area (Å²) < 4.78 is 0. The molecule has 19 heavy (non-hydrogen) atoms. The van der Waals surface area contributed by atoms with Crippen LogP contribution in [0.4, 0.5) is 11.6 Å². The maximum absolute atomic E-state index is 5.83. The van der Waals surface area contributed by atoms with Gasteiger partial charge in [-0.15, -0.1) is 0 Å². The molecule has 2 aromatic heterocycles. The Bertz CT molecular complexity index is 537. The maximum atomic E-state index is 5.83. The predicted octanol–water partition coefficient (Wildman–Crippen LogP) is 1.30. The van der Waals surface area contributed by atoms with Gasteiger partial charge in [0.1, 0.15) is 18.0 Å². The molecule has 0 saturated carbocycles. The number of nitrogens with zero attached hydrogens (tertiary/aromatic N) is 5. The van der Waals surface area contributed by atoms with Crippen LogP contribution in [-0.2, 0) is 0 Å². The summed E-state index contributed by atoms with van der Waals surface area (Å²) in [6.45, 7) is 2.66. The topological polar surface area (TPSA) is 71.2 Å². The Morgan fingerprint density at radius 2 is 1.89 bits per heavy atom. The van der Waals surface area contributed by atoms with Gasteiger partial charge in [-0.2, -0.15) is 0 Å². The van der Waals surface area contributed by atoms with Crippen molar-refractivity contribution in [1.29, 1.82) is 0 Å². The third-order valence-electron chi connectivity index (χ3n) is 2.79. The number of hydrogen-bond acceptors (Lipinski definition) is 6. The van der Waals surface area contributed by atoms with Crippen LogP contribution in [0.15, 0.2) is 30.7 Å². The third-order valence-corrected chi connectivity index (χ3v) is 2.79. The molecule has 0 amide bonds. The van der Waals surface area contributed by atoms with E-state index in [0.717, 1.165) is 17.1 Å². The summed E-state index contributed by atoms with van der Waals surface area (Å²) in [5.74, 6) is 7.43. The molecule has 0 aliphatic heterocycles. The molecule has 2 rings (SSSR count). The number of hydrazine groups is 1. The van der Waals surface area contributed by atoms with Gasteiger partial charge in [-0.1, -0.05) is 0 Å². The molecule has 2 heterocycles. The summed E-state index contributed by atoms with van der Waals surface area (Å²) in [6.07, 6.45) is 3.31. The smallest absolute Gasteiger partial charge is 0.146 e. The van der Waals surface area contributed by atoms with Crippen LogP contribution in [0.25, 0.3) is 11.3 Å². The molecule has 0 aliphatic rings. The van der Waals surface area contributed by atoms with Crippen LogP contribution in [-0.4, -0.2) is 35.6 Å². The average Bonchev–Trinajstić information content (AvgIpc) is 2.46. The summed E-state index contributed by atoms with van der Waals surface area (Å²) in [5.41, 5.74) is 1.76. The number of anilines is 2. The minimum Gasteiger partial charge on any atom is -0.363 e. The first-order valence-corrected chi connectivity index (χ1v) is 6.10. The molecule has 0 radical (unpaired) electrons. The van der Waals surface area contributed by atoms with E-state index >= 15 is 0 Å². The van der Waals surface area contributed by atoms with Crippen LogP contribution in [0, 0.1) is 0 Å². The molecule has 6 heteroatoms. The zero-order valence-corrected chi connectivity index (χ0v) is 11.4. The van der Waals surface area contributed by atoms with Crippen LogP contribution in [0.2, 0.25) is 0 Å². The summed E-state index contributed by atoms with van der Waals surface area (Å²) >= 11 is 0. The monoisotopic (exact) mass is 258 g/mol. The lowest BCUT2D eigenvalue weighted by Gasteiger charge is -2.15. The Hall–Kier alpha value is -2.21. The first-order chi connectivity index (χ1) is 9.11. The number of rotatable bonds is 4. The highest BCUT2D eigenvalue weighted by molar-refractivity contribution is 5.62. The van der Waals surface area contributed by atoms with Crippen molar-refractivity contribution < 1.29 is 0 Å². The van der Waals surface area contributed by atoms with E-state index in [1.807, 2.05) is 44.1 Å². The summed E-state index contributed by atoms with van der Waals surface area (Å²) in [7, 11) is 3.91. The summed E-state index contributed by atoms with van der Waals surface area (Å²) in [4.78, 5) is 14.7. The predicted molar refractivity (Wildman–Crippen MR) is 76.8 cm³/mol. The van der Waals surface area contributed by atoms with Crippen molar-refractivity contribution in [3.8, 4) is 11.3 Å². The van der Waals surface area contributed by atoms with E-state index in [1.54, 1.807) is 11.2 Å². The number of aromatic nitrogens is 3. The van der Waals surface area contributed by atoms with Crippen molar-refractivity contribution in [2.75, 3.05) is 30.5 Å². The van der Waals surface area contributed by atoms with Crippen molar-refractivity contribution in [2.45, 2.75) is 6.92 Å². The van der Waals surface area contributed by atoms with Gasteiger partial charge in [0.2, 0.25) is 0 Å². The molecular formula is C13H18N6. The van der Waals surface area contributed by atoms with Gasteiger partial charge in [0, 0.05) is 38.5 Å².